The number of hydrogen-bond acceptors (Lipinski definition) is 4. The summed E-state index contributed by atoms with van der Waals surface area (Å²) in [5.74, 6) is 0.825. The Bertz CT molecular complexity index is 542. The van der Waals surface area contributed by atoms with Gasteiger partial charge in [0.25, 0.3) is 0 Å². The van der Waals surface area contributed by atoms with Gasteiger partial charge in [-0.05, 0) is 45.2 Å². The van der Waals surface area contributed by atoms with Crippen molar-refractivity contribution in [3.8, 4) is 0 Å². The first-order chi connectivity index (χ1) is 12.9. The maximum atomic E-state index is 5.85. The van der Waals surface area contributed by atoms with E-state index in [1.165, 1.54) is 11.1 Å². The lowest BCUT2D eigenvalue weighted by Gasteiger charge is -2.19. The molecule has 0 aromatic heterocycles. The van der Waals surface area contributed by atoms with E-state index >= 15 is 0 Å². The molecule has 0 atom stereocenters. The van der Waals surface area contributed by atoms with Crippen molar-refractivity contribution in [2.45, 2.75) is 52.9 Å². The normalized spacial score (nSPS) is 12.3. The Labute approximate surface area is 164 Å². The summed E-state index contributed by atoms with van der Waals surface area (Å²) in [5.41, 5.74) is 2.21. The number of rotatable bonds is 12. The molecule has 1 rings (SSSR count). The molecular formula is C21H37N3O3. The summed E-state index contributed by atoms with van der Waals surface area (Å²) < 4.78 is 16.3. The third-order valence-electron chi connectivity index (χ3n) is 3.62. The van der Waals surface area contributed by atoms with Crippen molar-refractivity contribution in [2.24, 2.45) is 4.99 Å². The Morgan fingerprint density at radius 2 is 1.85 bits per heavy atom. The van der Waals surface area contributed by atoms with E-state index in [1.54, 1.807) is 7.11 Å². The highest BCUT2D eigenvalue weighted by atomic mass is 16.5. The smallest absolute Gasteiger partial charge is 0.191 e. The molecule has 154 valence electrons. The van der Waals surface area contributed by atoms with Gasteiger partial charge in [0.15, 0.2) is 5.96 Å². The van der Waals surface area contributed by atoms with Crippen LogP contribution >= 0.6 is 0 Å². The van der Waals surface area contributed by atoms with Gasteiger partial charge in [-0.1, -0.05) is 24.3 Å². The highest BCUT2D eigenvalue weighted by Crippen LogP contribution is 2.13. The van der Waals surface area contributed by atoms with Gasteiger partial charge in [-0.2, -0.15) is 0 Å². The van der Waals surface area contributed by atoms with Gasteiger partial charge in [0.2, 0.25) is 0 Å². The molecule has 0 radical (unpaired) electrons. The highest BCUT2D eigenvalue weighted by Gasteiger charge is 2.10. The van der Waals surface area contributed by atoms with E-state index < -0.39 is 0 Å². The summed E-state index contributed by atoms with van der Waals surface area (Å²) in [4.78, 5) is 4.67. The number of guanidine groups is 1. The van der Waals surface area contributed by atoms with Crippen LogP contribution in [0, 0.1) is 0 Å². The van der Waals surface area contributed by atoms with Crippen LogP contribution in [0.5, 0.6) is 0 Å². The number of ether oxygens (including phenoxy) is 3. The molecule has 0 heterocycles. The highest BCUT2D eigenvalue weighted by molar-refractivity contribution is 5.79. The van der Waals surface area contributed by atoms with Crippen molar-refractivity contribution in [2.75, 3.05) is 40.0 Å². The molecule has 6 heteroatoms. The second kappa shape index (κ2) is 13.5. The van der Waals surface area contributed by atoms with E-state index in [0.29, 0.717) is 33.0 Å². The first kappa shape index (κ1) is 23.4. The number of nitrogens with one attached hydrogen (secondary N) is 2. The first-order valence-electron chi connectivity index (χ1n) is 9.75. The third-order valence-corrected chi connectivity index (χ3v) is 3.62. The molecule has 0 amide bonds. The third kappa shape index (κ3) is 12.4. The van der Waals surface area contributed by atoms with Gasteiger partial charge in [-0.15, -0.1) is 0 Å². The van der Waals surface area contributed by atoms with E-state index in [4.69, 9.17) is 14.2 Å². The fourth-order valence-electron chi connectivity index (χ4n) is 2.26. The van der Waals surface area contributed by atoms with E-state index in [-0.39, 0.29) is 5.60 Å². The molecule has 0 bridgehead atoms. The zero-order valence-electron chi connectivity index (χ0n) is 17.6. The quantitative estimate of drug-likeness (QED) is 0.332. The fraction of sp³-hybridized carbons (Fsp3) is 0.667. The van der Waals surface area contributed by atoms with E-state index in [9.17, 15) is 0 Å². The second-order valence-electron chi connectivity index (χ2n) is 7.30. The molecule has 1 aromatic carbocycles. The van der Waals surface area contributed by atoms with Crippen molar-refractivity contribution in [1.82, 2.24) is 10.6 Å². The molecule has 2 N–H and O–H groups in total. The summed E-state index contributed by atoms with van der Waals surface area (Å²) in [7, 11) is 1.68. The summed E-state index contributed by atoms with van der Waals surface area (Å²) in [6, 6.07) is 8.40. The van der Waals surface area contributed by atoms with Gasteiger partial charge >= 0.3 is 0 Å². The second-order valence-corrected chi connectivity index (χ2v) is 7.30. The number of aliphatic imine (C=N–C) groups is 1. The topological polar surface area (TPSA) is 64.1 Å². The Hall–Kier alpha value is -1.63. The predicted molar refractivity (Wildman–Crippen MR) is 111 cm³/mol. The molecule has 1 aromatic rings. The molecule has 0 unspecified atom stereocenters. The molecule has 0 aliphatic heterocycles. The van der Waals surface area contributed by atoms with E-state index in [0.717, 1.165) is 25.5 Å². The number of nitrogens with zero attached hydrogens (tertiary/aromatic N) is 1. The Morgan fingerprint density at radius 1 is 1.07 bits per heavy atom. The zero-order valence-corrected chi connectivity index (χ0v) is 17.6. The van der Waals surface area contributed by atoms with Gasteiger partial charge in [-0.25, -0.2) is 4.99 Å². The molecule has 0 aliphatic carbocycles. The Kier molecular flexibility index (Phi) is 11.7. The molecule has 0 aliphatic rings. The number of methoxy groups -OCH3 is 1. The van der Waals surface area contributed by atoms with Gasteiger partial charge in [0.1, 0.15) is 0 Å². The van der Waals surface area contributed by atoms with Gasteiger partial charge in [0, 0.05) is 26.8 Å². The van der Waals surface area contributed by atoms with Crippen LogP contribution in [0.25, 0.3) is 0 Å². The maximum absolute atomic E-state index is 5.85. The molecule has 0 fully saturated rings. The van der Waals surface area contributed by atoms with E-state index in [2.05, 4.69) is 67.6 Å². The monoisotopic (exact) mass is 379 g/mol. The van der Waals surface area contributed by atoms with Crippen LogP contribution in [0.15, 0.2) is 29.3 Å². The van der Waals surface area contributed by atoms with Gasteiger partial charge in [0.05, 0.1) is 32.0 Å². The lowest BCUT2D eigenvalue weighted by molar-refractivity contribution is -0.0149. The summed E-state index contributed by atoms with van der Waals surface area (Å²) in [6.45, 7) is 13.1. The van der Waals surface area contributed by atoms with Crippen molar-refractivity contribution < 1.29 is 14.2 Å². The lowest BCUT2D eigenvalue weighted by atomic mass is 10.1. The van der Waals surface area contributed by atoms with Crippen molar-refractivity contribution in [1.29, 1.82) is 0 Å². The average molecular weight is 380 g/mol. The molecule has 27 heavy (non-hydrogen) atoms. The minimum absolute atomic E-state index is 0.135. The Balaban J connectivity index is 2.45. The minimum atomic E-state index is -0.135. The number of benzene rings is 1. The standard InChI is InChI=1S/C21H37N3O3/c1-6-22-20(23-11-8-12-26-14-13-25-5)24-16-18-9-7-10-19(15-18)17-27-21(2,3)4/h7,9-10,15H,6,8,11-14,16-17H2,1-5H3,(H2,22,23,24). The van der Waals surface area contributed by atoms with Crippen LogP contribution in [0.1, 0.15) is 45.2 Å². The molecule has 0 saturated heterocycles. The van der Waals surface area contributed by atoms with Gasteiger partial charge < -0.3 is 24.8 Å². The largest absolute Gasteiger partial charge is 0.382 e. The van der Waals surface area contributed by atoms with Crippen molar-refractivity contribution >= 4 is 5.96 Å². The summed E-state index contributed by atoms with van der Waals surface area (Å²) in [5, 5.41) is 6.62. The van der Waals surface area contributed by atoms with Crippen LogP contribution in [0.2, 0.25) is 0 Å². The summed E-state index contributed by atoms with van der Waals surface area (Å²) >= 11 is 0. The van der Waals surface area contributed by atoms with Crippen LogP contribution < -0.4 is 10.6 Å². The lowest BCUT2D eigenvalue weighted by Crippen LogP contribution is -2.38. The SMILES string of the molecule is CCNC(=NCc1cccc(COC(C)(C)C)c1)NCCCOCCOC. The first-order valence-corrected chi connectivity index (χ1v) is 9.75. The predicted octanol–water partition coefficient (Wildman–Crippen LogP) is 3.11. The maximum Gasteiger partial charge on any atom is 0.191 e. The molecule has 0 saturated carbocycles. The Morgan fingerprint density at radius 3 is 2.56 bits per heavy atom. The van der Waals surface area contributed by atoms with E-state index in [1.807, 2.05) is 0 Å². The fourth-order valence-corrected chi connectivity index (χ4v) is 2.26. The molecule has 0 spiro atoms. The van der Waals surface area contributed by atoms with Crippen LogP contribution in [-0.2, 0) is 27.4 Å². The van der Waals surface area contributed by atoms with Crippen molar-refractivity contribution in [3.63, 3.8) is 0 Å². The van der Waals surface area contributed by atoms with Crippen molar-refractivity contribution in [3.05, 3.63) is 35.4 Å². The number of hydrogen-bond donors (Lipinski definition) is 2. The average Bonchev–Trinajstić information content (AvgIpc) is 2.63. The van der Waals surface area contributed by atoms with Crippen LogP contribution in [0.4, 0.5) is 0 Å². The zero-order chi connectivity index (χ0) is 20.0. The minimum Gasteiger partial charge on any atom is -0.382 e. The van der Waals surface area contributed by atoms with Gasteiger partial charge in [-0.3, -0.25) is 0 Å². The molecule has 6 nitrogen and oxygen atoms in total. The van der Waals surface area contributed by atoms with Crippen LogP contribution in [0.3, 0.4) is 0 Å². The van der Waals surface area contributed by atoms with Crippen LogP contribution in [-0.4, -0.2) is 51.6 Å². The molecular weight excluding hydrogens is 342 g/mol. The summed E-state index contributed by atoms with van der Waals surface area (Å²) in [6.07, 6.45) is 0.924.